The number of hydrogen-bond donors (Lipinski definition) is 1. The van der Waals surface area contributed by atoms with E-state index < -0.39 is 34.9 Å². The summed E-state index contributed by atoms with van der Waals surface area (Å²) in [6, 6.07) is 1.55. The van der Waals surface area contributed by atoms with Crippen LogP contribution < -0.4 is 5.32 Å². The van der Waals surface area contributed by atoms with Crippen molar-refractivity contribution in [2.75, 3.05) is 11.9 Å². The molecule has 0 bridgehead atoms. The fraction of sp³-hybridized carbons (Fsp3) is 0.368. The summed E-state index contributed by atoms with van der Waals surface area (Å²) in [6.07, 6.45) is 2.35. The fourth-order valence-corrected chi connectivity index (χ4v) is 4.52. The highest BCUT2D eigenvalue weighted by molar-refractivity contribution is 7.17. The van der Waals surface area contributed by atoms with Crippen molar-refractivity contribution in [2.24, 2.45) is 5.92 Å². The van der Waals surface area contributed by atoms with Crippen LogP contribution in [0.5, 0.6) is 0 Å². The molecule has 27 heavy (non-hydrogen) atoms. The second-order valence-electron chi connectivity index (χ2n) is 6.45. The number of thiophene rings is 1. The Morgan fingerprint density at radius 1 is 1.26 bits per heavy atom. The van der Waals surface area contributed by atoms with E-state index in [9.17, 15) is 22.8 Å². The zero-order chi connectivity index (χ0) is 19.7. The van der Waals surface area contributed by atoms with Gasteiger partial charge < -0.3 is 10.1 Å². The van der Waals surface area contributed by atoms with Gasteiger partial charge in [-0.1, -0.05) is 6.92 Å². The third-order valence-corrected chi connectivity index (χ3v) is 5.67. The number of rotatable bonds is 4. The summed E-state index contributed by atoms with van der Waals surface area (Å²) in [7, 11) is 0. The van der Waals surface area contributed by atoms with Crippen molar-refractivity contribution in [3.05, 3.63) is 51.2 Å². The smallest absolute Gasteiger partial charge is 0.341 e. The zero-order valence-electron chi connectivity index (χ0n) is 14.8. The molecule has 1 N–H and O–H groups in total. The van der Waals surface area contributed by atoms with Crippen LogP contribution in [0, 0.1) is 23.4 Å². The van der Waals surface area contributed by atoms with Crippen LogP contribution in [0.25, 0.3) is 0 Å². The number of halogens is 3. The molecule has 8 heteroatoms. The predicted molar refractivity (Wildman–Crippen MR) is 95.7 cm³/mol. The number of amides is 1. The topological polar surface area (TPSA) is 55.4 Å². The van der Waals surface area contributed by atoms with Gasteiger partial charge in [0, 0.05) is 4.88 Å². The van der Waals surface area contributed by atoms with E-state index in [0.29, 0.717) is 18.4 Å². The van der Waals surface area contributed by atoms with E-state index in [1.54, 1.807) is 6.92 Å². The summed E-state index contributed by atoms with van der Waals surface area (Å²) in [5.41, 5.74) is 0.459. The molecule has 1 aromatic carbocycles. The van der Waals surface area contributed by atoms with E-state index >= 15 is 0 Å². The Morgan fingerprint density at radius 3 is 2.70 bits per heavy atom. The first-order chi connectivity index (χ1) is 12.8. The van der Waals surface area contributed by atoms with E-state index in [-0.39, 0.29) is 17.2 Å². The molecule has 0 aliphatic heterocycles. The predicted octanol–water partition coefficient (Wildman–Crippen LogP) is 4.72. The molecule has 3 rings (SSSR count). The third kappa shape index (κ3) is 3.71. The number of hydrogen-bond acceptors (Lipinski definition) is 4. The molecule has 0 saturated heterocycles. The number of esters is 1. The molecule has 1 amide bonds. The monoisotopic (exact) mass is 397 g/mol. The molecule has 0 saturated carbocycles. The Kier molecular flexibility index (Phi) is 5.55. The van der Waals surface area contributed by atoms with Gasteiger partial charge >= 0.3 is 5.97 Å². The van der Waals surface area contributed by atoms with Gasteiger partial charge in [-0.15, -0.1) is 11.3 Å². The Labute approximate surface area is 158 Å². The average Bonchev–Trinajstić information content (AvgIpc) is 2.96. The second kappa shape index (κ2) is 7.72. The lowest BCUT2D eigenvalue weighted by atomic mass is 9.88. The van der Waals surface area contributed by atoms with Crippen LogP contribution in [0.1, 0.15) is 51.4 Å². The minimum absolute atomic E-state index is 0.172. The summed E-state index contributed by atoms with van der Waals surface area (Å²) in [4.78, 5) is 25.8. The van der Waals surface area contributed by atoms with Crippen molar-refractivity contribution >= 4 is 28.2 Å². The first-order valence-electron chi connectivity index (χ1n) is 8.59. The molecule has 2 aromatic rings. The van der Waals surface area contributed by atoms with Crippen LogP contribution in [0.3, 0.4) is 0 Å². The summed E-state index contributed by atoms with van der Waals surface area (Å²) >= 11 is 1.23. The quantitative estimate of drug-likeness (QED) is 0.600. The van der Waals surface area contributed by atoms with Crippen LogP contribution in [0.4, 0.5) is 18.2 Å². The molecule has 0 spiro atoms. The van der Waals surface area contributed by atoms with Crippen LogP contribution >= 0.6 is 11.3 Å². The van der Waals surface area contributed by atoms with Crippen LogP contribution in [0.2, 0.25) is 0 Å². The van der Waals surface area contributed by atoms with Gasteiger partial charge in [0.05, 0.1) is 17.7 Å². The Hall–Kier alpha value is -2.35. The van der Waals surface area contributed by atoms with Crippen molar-refractivity contribution in [3.8, 4) is 0 Å². The van der Waals surface area contributed by atoms with Crippen LogP contribution in [-0.4, -0.2) is 18.5 Å². The highest BCUT2D eigenvalue weighted by atomic mass is 32.1. The van der Waals surface area contributed by atoms with E-state index in [1.807, 2.05) is 0 Å². The lowest BCUT2D eigenvalue weighted by Gasteiger charge is -2.18. The van der Waals surface area contributed by atoms with Crippen molar-refractivity contribution in [3.63, 3.8) is 0 Å². The molecule has 1 aromatic heterocycles. The normalized spacial score (nSPS) is 16.0. The molecule has 144 valence electrons. The second-order valence-corrected chi connectivity index (χ2v) is 7.56. The van der Waals surface area contributed by atoms with E-state index in [1.165, 1.54) is 11.3 Å². The van der Waals surface area contributed by atoms with Crippen molar-refractivity contribution < 1.29 is 27.5 Å². The molecule has 0 radical (unpaired) electrons. The van der Waals surface area contributed by atoms with Gasteiger partial charge in [-0.25, -0.2) is 18.0 Å². The molecule has 1 atom stereocenters. The molecule has 1 unspecified atom stereocenters. The summed E-state index contributed by atoms with van der Waals surface area (Å²) in [6.45, 7) is 3.94. The van der Waals surface area contributed by atoms with Crippen LogP contribution in [-0.2, 0) is 17.6 Å². The zero-order valence-corrected chi connectivity index (χ0v) is 15.6. The summed E-state index contributed by atoms with van der Waals surface area (Å²) in [5, 5.41) is 2.71. The number of benzene rings is 1. The van der Waals surface area contributed by atoms with Crippen molar-refractivity contribution in [1.29, 1.82) is 0 Å². The Balaban J connectivity index is 1.98. The minimum Gasteiger partial charge on any atom is -0.462 e. The van der Waals surface area contributed by atoms with Gasteiger partial charge in [0.2, 0.25) is 0 Å². The maximum Gasteiger partial charge on any atom is 0.341 e. The molecule has 0 fully saturated rings. The fourth-order valence-electron chi connectivity index (χ4n) is 3.13. The molecular formula is C19H18F3NO3S. The van der Waals surface area contributed by atoms with Crippen molar-refractivity contribution in [2.45, 2.75) is 33.1 Å². The molecule has 1 aliphatic rings. The Bertz CT molecular complexity index is 910. The van der Waals surface area contributed by atoms with E-state index in [2.05, 4.69) is 12.2 Å². The maximum absolute atomic E-state index is 13.9. The summed E-state index contributed by atoms with van der Waals surface area (Å²) < 4.78 is 45.5. The largest absolute Gasteiger partial charge is 0.462 e. The lowest BCUT2D eigenvalue weighted by Crippen LogP contribution is -2.18. The van der Waals surface area contributed by atoms with Gasteiger partial charge in [-0.2, -0.15) is 0 Å². The minimum atomic E-state index is -1.72. The average molecular weight is 397 g/mol. The van der Waals surface area contributed by atoms with Gasteiger partial charge in [0.25, 0.3) is 5.91 Å². The number of nitrogens with one attached hydrogen (secondary N) is 1. The lowest BCUT2D eigenvalue weighted by molar-refractivity contribution is 0.0526. The first-order valence-corrected chi connectivity index (χ1v) is 9.41. The van der Waals surface area contributed by atoms with E-state index in [0.717, 1.165) is 29.3 Å². The van der Waals surface area contributed by atoms with Gasteiger partial charge in [0.15, 0.2) is 17.5 Å². The summed E-state index contributed by atoms with van der Waals surface area (Å²) in [5.74, 6) is -5.74. The molecule has 1 heterocycles. The third-order valence-electron chi connectivity index (χ3n) is 4.50. The highest BCUT2D eigenvalue weighted by Gasteiger charge is 2.30. The van der Waals surface area contributed by atoms with E-state index in [4.69, 9.17) is 4.74 Å². The van der Waals surface area contributed by atoms with Crippen LogP contribution in [0.15, 0.2) is 12.1 Å². The number of carbonyl (C=O) groups is 2. The Morgan fingerprint density at radius 2 is 2.00 bits per heavy atom. The maximum atomic E-state index is 13.9. The van der Waals surface area contributed by atoms with Crippen molar-refractivity contribution in [1.82, 2.24) is 0 Å². The number of carbonyl (C=O) groups excluding carboxylic acids is 2. The first kappa shape index (κ1) is 19.4. The SMILES string of the molecule is CCOC(=O)c1c(NC(=O)c2ccc(F)c(F)c2F)sc2c1CCC(C)C2. The van der Waals surface area contributed by atoms with Gasteiger partial charge in [0.1, 0.15) is 5.00 Å². The molecule has 4 nitrogen and oxygen atoms in total. The molecular weight excluding hydrogens is 379 g/mol. The number of anilines is 1. The highest BCUT2D eigenvalue weighted by Crippen LogP contribution is 2.40. The molecule has 1 aliphatic carbocycles. The number of fused-ring (bicyclic) bond motifs is 1. The standard InChI is InChI=1S/C19H18F3NO3S/c1-3-26-19(25)14-10-5-4-9(2)8-13(10)27-18(14)23-17(24)11-6-7-12(20)16(22)15(11)21/h6-7,9H,3-5,8H2,1-2H3,(H,23,24). The number of ether oxygens (including phenoxy) is 1. The van der Waals surface area contributed by atoms with Gasteiger partial charge in [-0.3, -0.25) is 4.79 Å². The van der Waals surface area contributed by atoms with Gasteiger partial charge in [-0.05, 0) is 49.8 Å².